The molecule has 1 fully saturated rings. The molecule has 20 heavy (non-hydrogen) atoms. The molecular formula is C14H17ClN2O2S. The van der Waals surface area contributed by atoms with Gasteiger partial charge in [0.1, 0.15) is 5.75 Å². The van der Waals surface area contributed by atoms with Crippen molar-refractivity contribution in [1.82, 2.24) is 4.90 Å². The average molecular weight is 313 g/mol. The Kier molecular flexibility index (Phi) is 5.20. The van der Waals surface area contributed by atoms with Gasteiger partial charge in [-0.25, -0.2) is 0 Å². The molecule has 108 valence electrons. The molecule has 4 nitrogen and oxygen atoms in total. The average Bonchev–Trinajstić information content (AvgIpc) is 2.45. The van der Waals surface area contributed by atoms with Crippen molar-refractivity contribution in [3.8, 4) is 5.75 Å². The van der Waals surface area contributed by atoms with E-state index in [0.717, 1.165) is 19.3 Å². The number of nitrogens with two attached hydrogens (primary N) is 1. The maximum absolute atomic E-state index is 12.2. The van der Waals surface area contributed by atoms with E-state index in [1.807, 2.05) is 0 Å². The molecule has 0 spiro atoms. The Bertz CT molecular complexity index is 510. The fraction of sp³-hybridized carbons (Fsp3) is 0.429. The lowest BCUT2D eigenvalue weighted by molar-refractivity contribution is -0.135. The van der Waals surface area contributed by atoms with Crippen molar-refractivity contribution in [2.24, 2.45) is 5.73 Å². The lowest BCUT2D eigenvalue weighted by atomic mass is 10.0. The van der Waals surface area contributed by atoms with Crippen molar-refractivity contribution in [3.63, 3.8) is 0 Å². The smallest absolute Gasteiger partial charge is 0.261 e. The highest BCUT2D eigenvalue weighted by Crippen LogP contribution is 2.19. The molecule has 2 N–H and O–H groups in total. The van der Waals surface area contributed by atoms with Crippen LogP contribution in [0, 0.1) is 0 Å². The van der Waals surface area contributed by atoms with E-state index in [4.69, 9.17) is 34.3 Å². The van der Waals surface area contributed by atoms with Gasteiger partial charge >= 0.3 is 0 Å². The van der Waals surface area contributed by atoms with Gasteiger partial charge < -0.3 is 15.4 Å². The van der Waals surface area contributed by atoms with Gasteiger partial charge in [0.25, 0.3) is 5.91 Å². The molecule has 2 rings (SSSR count). The van der Waals surface area contributed by atoms with Gasteiger partial charge in [-0.2, -0.15) is 0 Å². The van der Waals surface area contributed by atoms with Gasteiger partial charge in [-0.3, -0.25) is 4.79 Å². The first-order valence-electron chi connectivity index (χ1n) is 6.55. The lowest BCUT2D eigenvalue weighted by Gasteiger charge is -2.34. The van der Waals surface area contributed by atoms with Crippen LogP contribution in [0.15, 0.2) is 24.3 Å². The van der Waals surface area contributed by atoms with Crippen molar-refractivity contribution < 1.29 is 9.53 Å². The zero-order valence-corrected chi connectivity index (χ0v) is 12.6. The predicted molar refractivity (Wildman–Crippen MR) is 83.1 cm³/mol. The number of rotatable bonds is 4. The Hall–Kier alpha value is -1.33. The maximum Gasteiger partial charge on any atom is 0.261 e. The fourth-order valence-corrected chi connectivity index (χ4v) is 2.74. The Balaban J connectivity index is 1.95. The highest BCUT2D eigenvalue weighted by atomic mass is 35.5. The number of likely N-dealkylation sites (tertiary alicyclic amines) is 1. The summed E-state index contributed by atoms with van der Waals surface area (Å²) in [6.45, 7) is 0.652. The van der Waals surface area contributed by atoms with Crippen LogP contribution in [-0.4, -0.2) is 35.0 Å². The Morgan fingerprint density at radius 2 is 2.30 bits per heavy atom. The molecule has 1 atom stereocenters. The van der Waals surface area contributed by atoms with Crippen LogP contribution in [0.3, 0.4) is 0 Å². The summed E-state index contributed by atoms with van der Waals surface area (Å²) in [7, 11) is 0. The number of nitrogens with zero attached hydrogens (tertiary/aromatic N) is 1. The van der Waals surface area contributed by atoms with E-state index in [1.165, 1.54) is 0 Å². The van der Waals surface area contributed by atoms with Crippen LogP contribution in [0.1, 0.15) is 19.3 Å². The van der Waals surface area contributed by atoms with Crippen LogP contribution in [0.5, 0.6) is 5.75 Å². The number of hydrogen-bond donors (Lipinski definition) is 1. The number of halogens is 1. The van der Waals surface area contributed by atoms with Crippen molar-refractivity contribution in [3.05, 3.63) is 29.3 Å². The predicted octanol–water partition coefficient (Wildman–Crippen LogP) is 2.39. The summed E-state index contributed by atoms with van der Waals surface area (Å²) >= 11 is 10.9. The third-order valence-electron chi connectivity index (χ3n) is 3.31. The quantitative estimate of drug-likeness (QED) is 0.867. The molecule has 0 bridgehead atoms. The topological polar surface area (TPSA) is 55.6 Å². The van der Waals surface area contributed by atoms with Gasteiger partial charge in [0.05, 0.1) is 11.0 Å². The molecule has 0 aromatic heterocycles. The fourth-order valence-electron chi connectivity index (χ4n) is 2.31. The number of ether oxygens (including phenoxy) is 1. The Morgan fingerprint density at radius 3 is 3.00 bits per heavy atom. The number of thiocarbonyl (C=S) groups is 1. The first kappa shape index (κ1) is 15.1. The van der Waals surface area contributed by atoms with Crippen molar-refractivity contribution in [1.29, 1.82) is 0 Å². The first-order chi connectivity index (χ1) is 9.58. The van der Waals surface area contributed by atoms with Crippen LogP contribution in [0.25, 0.3) is 0 Å². The van der Waals surface area contributed by atoms with Crippen LogP contribution >= 0.6 is 23.8 Å². The first-order valence-corrected chi connectivity index (χ1v) is 7.33. The van der Waals surface area contributed by atoms with Crippen molar-refractivity contribution in [2.75, 3.05) is 13.2 Å². The number of piperidine rings is 1. The van der Waals surface area contributed by atoms with E-state index in [9.17, 15) is 4.79 Å². The Labute approximate surface area is 128 Å². The number of amides is 1. The van der Waals surface area contributed by atoms with Gasteiger partial charge in [0.2, 0.25) is 0 Å². The molecule has 1 saturated heterocycles. The summed E-state index contributed by atoms with van der Waals surface area (Å²) in [4.78, 5) is 14.3. The number of carbonyl (C=O) groups excluding carboxylic acids is 1. The molecule has 1 unspecified atom stereocenters. The number of benzene rings is 1. The third kappa shape index (κ3) is 3.84. The van der Waals surface area contributed by atoms with Gasteiger partial charge in [-0.1, -0.05) is 29.9 Å². The zero-order chi connectivity index (χ0) is 14.5. The van der Waals surface area contributed by atoms with Gasteiger partial charge in [-0.05, 0) is 37.5 Å². The van der Waals surface area contributed by atoms with E-state index in [1.54, 1.807) is 29.2 Å². The van der Waals surface area contributed by atoms with Gasteiger partial charge in [-0.15, -0.1) is 0 Å². The van der Waals surface area contributed by atoms with Crippen LogP contribution in [-0.2, 0) is 4.79 Å². The second-order valence-electron chi connectivity index (χ2n) is 4.75. The minimum absolute atomic E-state index is 0.0283. The molecule has 6 heteroatoms. The molecule has 1 heterocycles. The summed E-state index contributed by atoms with van der Waals surface area (Å²) in [5.74, 6) is 0.484. The molecule has 0 saturated carbocycles. The summed E-state index contributed by atoms with van der Waals surface area (Å²) in [6, 6.07) is 6.83. The third-order valence-corrected chi connectivity index (χ3v) is 3.82. The van der Waals surface area contributed by atoms with E-state index in [0.29, 0.717) is 22.3 Å². The second-order valence-corrected chi connectivity index (χ2v) is 5.65. The zero-order valence-electron chi connectivity index (χ0n) is 11.0. The number of hydrogen-bond acceptors (Lipinski definition) is 3. The van der Waals surface area contributed by atoms with Crippen LogP contribution in [0.2, 0.25) is 5.02 Å². The highest BCUT2D eigenvalue weighted by Gasteiger charge is 2.28. The van der Waals surface area contributed by atoms with Gasteiger partial charge in [0, 0.05) is 11.6 Å². The highest BCUT2D eigenvalue weighted by molar-refractivity contribution is 7.80. The molecule has 0 radical (unpaired) electrons. The maximum atomic E-state index is 12.2. The van der Waals surface area contributed by atoms with E-state index in [2.05, 4.69) is 0 Å². The van der Waals surface area contributed by atoms with E-state index in [-0.39, 0.29) is 18.6 Å². The molecule has 1 aliphatic rings. The molecule has 1 amide bonds. The summed E-state index contributed by atoms with van der Waals surface area (Å²) in [6.07, 6.45) is 2.85. The summed E-state index contributed by atoms with van der Waals surface area (Å²) < 4.78 is 5.47. The lowest BCUT2D eigenvalue weighted by Crippen LogP contribution is -2.51. The Morgan fingerprint density at radius 1 is 1.50 bits per heavy atom. The van der Waals surface area contributed by atoms with Crippen molar-refractivity contribution in [2.45, 2.75) is 25.3 Å². The normalized spacial score (nSPS) is 18.6. The summed E-state index contributed by atoms with van der Waals surface area (Å²) in [5, 5.41) is 0.578. The molecule has 1 aromatic rings. The van der Waals surface area contributed by atoms with E-state index < -0.39 is 0 Å². The standard InChI is InChI=1S/C14H17ClN2O2S/c15-10-4-3-5-11(8-10)19-9-13(18)17-7-2-1-6-12(17)14(16)20/h3-5,8,12H,1-2,6-7,9H2,(H2,16,20). The van der Waals surface area contributed by atoms with Gasteiger partial charge in [0.15, 0.2) is 6.61 Å². The van der Waals surface area contributed by atoms with Crippen molar-refractivity contribution >= 4 is 34.7 Å². The monoisotopic (exact) mass is 312 g/mol. The number of carbonyl (C=O) groups is 1. The minimum atomic E-state index is -0.144. The summed E-state index contributed by atoms with van der Waals surface area (Å²) in [5.41, 5.74) is 5.70. The second kappa shape index (κ2) is 6.90. The molecule has 1 aliphatic heterocycles. The SMILES string of the molecule is NC(=S)C1CCCCN1C(=O)COc1cccc(Cl)c1. The van der Waals surface area contributed by atoms with E-state index >= 15 is 0 Å². The van der Waals surface area contributed by atoms with Crippen LogP contribution < -0.4 is 10.5 Å². The minimum Gasteiger partial charge on any atom is -0.484 e. The molecule has 0 aliphatic carbocycles. The molecular weight excluding hydrogens is 296 g/mol. The van der Waals surface area contributed by atoms with Crippen LogP contribution in [0.4, 0.5) is 0 Å². The largest absolute Gasteiger partial charge is 0.484 e. The molecule has 1 aromatic carbocycles.